The lowest BCUT2D eigenvalue weighted by Crippen LogP contribution is -2.11. The number of anilines is 1. The van der Waals surface area contributed by atoms with Crippen LogP contribution < -0.4 is 5.32 Å². The third-order valence-corrected chi connectivity index (χ3v) is 2.04. The average Bonchev–Trinajstić information content (AvgIpc) is 2.85. The van der Waals surface area contributed by atoms with Crippen LogP contribution in [0, 0.1) is 22.6 Å². The summed E-state index contributed by atoms with van der Waals surface area (Å²) in [5.41, 5.74) is 0.352. The first-order valence-corrected chi connectivity index (χ1v) is 4.67. The zero-order valence-electron chi connectivity index (χ0n) is 8.57. The molecule has 0 saturated carbocycles. The number of nitrogens with one attached hydrogen (secondary N) is 2. The molecule has 1 heterocycles. The molecule has 0 atom stereocenters. The Morgan fingerprint density at radius 2 is 2.29 bits per heavy atom. The minimum Gasteiger partial charge on any atom is -0.353 e. The van der Waals surface area contributed by atoms with Gasteiger partial charge in [-0.1, -0.05) is 5.16 Å². The van der Waals surface area contributed by atoms with Gasteiger partial charge in [-0.05, 0) is 18.2 Å². The highest BCUT2D eigenvalue weighted by molar-refractivity contribution is 6.04. The van der Waals surface area contributed by atoms with E-state index in [1.165, 1.54) is 24.4 Å². The zero-order chi connectivity index (χ0) is 12.3. The fourth-order valence-electron chi connectivity index (χ4n) is 1.24. The fraction of sp³-hybridized carbons (Fsp3) is 0. The molecule has 1 aromatic carbocycles. The number of nitriles is 1. The molecule has 0 amide bonds. The van der Waals surface area contributed by atoms with Crippen molar-refractivity contribution in [2.45, 2.75) is 0 Å². The topological polar surface area (TPSA) is 85.7 Å². The summed E-state index contributed by atoms with van der Waals surface area (Å²) >= 11 is 0. The van der Waals surface area contributed by atoms with Crippen LogP contribution >= 0.6 is 0 Å². The molecule has 0 radical (unpaired) electrons. The lowest BCUT2D eigenvalue weighted by Gasteiger charge is -2.05. The zero-order valence-corrected chi connectivity index (χ0v) is 8.57. The highest BCUT2D eigenvalue weighted by Gasteiger charge is 2.07. The van der Waals surface area contributed by atoms with E-state index in [4.69, 9.17) is 15.2 Å². The van der Waals surface area contributed by atoms with Crippen LogP contribution in [0.1, 0.15) is 11.3 Å². The molecule has 84 valence electrons. The molecule has 0 unspecified atom stereocenters. The van der Waals surface area contributed by atoms with Gasteiger partial charge in [0, 0.05) is 11.8 Å². The maximum atomic E-state index is 13.0. The first-order chi connectivity index (χ1) is 8.20. The van der Waals surface area contributed by atoms with Crippen LogP contribution in [-0.2, 0) is 0 Å². The lowest BCUT2D eigenvalue weighted by molar-refractivity contribution is 0.413. The van der Waals surface area contributed by atoms with Crippen LogP contribution in [-0.4, -0.2) is 11.0 Å². The van der Waals surface area contributed by atoms with E-state index in [0.29, 0.717) is 5.69 Å². The van der Waals surface area contributed by atoms with E-state index in [0.717, 1.165) is 6.07 Å². The monoisotopic (exact) mass is 230 g/mol. The predicted molar refractivity (Wildman–Crippen MR) is 58.1 cm³/mol. The molecule has 0 spiro atoms. The van der Waals surface area contributed by atoms with E-state index in [2.05, 4.69) is 10.5 Å². The Hall–Kier alpha value is -2.68. The second-order valence-electron chi connectivity index (χ2n) is 3.18. The van der Waals surface area contributed by atoms with Gasteiger partial charge in [0.05, 0.1) is 11.8 Å². The van der Waals surface area contributed by atoms with E-state index in [1.807, 2.05) is 0 Å². The molecule has 2 rings (SSSR count). The van der Waals surface area contributed by atoms with Crippen molar-refractivity contribution in [3.8, 4) is 6.07 Å². The summed E-state index contributed by atoms with van der Waals surface area (Å²) in [6.07, 6.45) is 1.41. The Balaban J connectivity index is 2.20. The normalized spacial score (nSPS) is 9.65. The summed E-state index contributed by atoms with van der Waals surface area (Å²) in [7, 11) is 0. The molecule has 0 aliphatic rings. The van der Waals surface area contributed by atoms with Gasteiger partial charge in [-0.3, -0.25) is 5.41 Å². The van der Waals surface area contributed by atoms with Crippen molar-refractivity contribution in [1.29, 1.82) is 10.7 Å². The van der Waals surface area contributed by atoms with Crippen LogP contribution in [0.5, 0.6) is 0 Å². The molecule has 0 saturated heterocycles. The molecule has 2 N–H and O–H groups in total. The molecule has 2 aromatic rings. The van der Waals surface area contributed by atoms with Crippen molar-refractivity contribution in [3.05, 3.63) is 47.6 Å². The summed E-state index contributed by atoms with van der Waals surface area (Å²) in [5.74, 6) is -0.352. The number of nitrogens with zero attached hydrogens (tertiary/aromatic N) is 2. The van der Waals surface area contributed by atoms with Gasteiger partial charge in [0.25, 0.3) is 0 Å². The Bertz CT molecular complexity index is 586. The third-order valence-electron chi connectivity index (χ3n) is 2.04. The van der Waals surface area contributed by atoms with E-state index in [-0.39, 0.29) is 17.2 Å². The smallest absolute Gasteiger partial charge is 0.201 e. The Kier molecular flexibility index (Phi) is 2.83. The van der Waals surface area contributed by atoms with E-state index < -0.39 is 5.82 Å². The standard InChI is InChI=1S/C11H7FN4O/c12-9-2-1-8(5-7(9)6-13)16-11(14)10-3-4-15-17-10/h1-5H,(H2,14,16). The van der Waals surface area contributed by atoms with Gasteiger partial charge in [0.2, 0.25) is 5.76 Å². The molecule has 0 aliphatic carbocycles. The van der Waals surface area contributed by atoms with Gasteiger partial charge in [0.15, 0.2) is 5.84 Å². The number of amidine groups is 1. The van der Waals surface area contributed by atoms with Gasteiger partial charge in [-0.2, -0.15) is 5.26 Å². The number of halogens is 1. The first-order valence-electron chi connectivity index (χ1n) is 4.67. The van der Waals surface area contributed by atoms with Gasteiger partial charge in [0.1, 0.15) is 11.9 Å². The highest BCUT2D eigenvalue weighted by Crippen LogP contribution is 2.14. The number of benzene rings is 1. The molecule has 0 bridgehead atoms. The molecule has 6 heteroatoms. The van der Waals surface area contributed by atoms with Crippen molar-refractivity contribution in [3.63, 3.8) is 0 Å². The molecule has 1 aromatic heterocycles. The Morgan fingerprint density at radius 3 is 2.94 bits per heavy atom. The summed E-state index contributed by atoms with van der Waals surface area (Å²) in [4.78, 5) is 0. The van der Waals surface area contributed by atoms with Crippen LogP contribution in [0.4, 0.5) is 10.1 Å². The minimum atomic E-state index is -0.593. The number of aromatic nitrogens is 1. The maximum Gasteiger partial charge on any atom is 0.201 e. The van der Waals surface area contributed by atoms with Crippen LogP contribution in [0.2, 0.25) is 0 Å². The molecule has 0 aliphatic heterocycles. The molecule has 17 heavy (non-hydrogen) atoms. The summed E-state index contributed by atoms with van der Waals surface area (Å²) in [5, 5.41) is 22.4. The van der Waals surface area contributed by atoms with Crippen LogP contribution in [0.15, 0.2) is 35.0 Å². The third kappa shape index (κ3) is 2.29. The van der Waals surface area contributed by atoms with E-state index in [9.17, 15) is 4.39 Å². The van der Waals surface area contributed by atoms with Crippen molar-refractivity contribution < 1.29 is 8.91 Å². The van der Waals surface area contributed by atoms with Crippen molar-refractivity contribution in [2.24, 2.45) is 0 Å². The van der Waals surface area contributed by atoms with Crippen molar-refractivity contribution in [1.82, 2.24) is 5.16 Å². The van der Waals surface area contributed by atoms with Crippen LogP contribution in [0.3, 0.4) is 0 Å². The lowest BCUT2D eigenvalue weighted by atomic mass is 10.2. The molecule has 5 nitrogen and oxygen atoms in total. The minimum absolute atomic E-state index is 0.0157. The van der Waals surface area contributed by atoms with Crippen molar-refractivity contribution >= 4 is 11.5 Å². The Morgan fingerprint density at radius 1 is 1.47 bits per heavy atom. The Labute approximate surface area is 96.0 Å². The summed E-state index contributed by atoms with van der Waals surface area (Å²) in [6.45, 7) is 0. The van der Waals surface area contributed by atoms with Crippen LogP contribution in [0.25, 0.3) is 0 Å². The quantitative estimate of drug-likeness (QED) is 0.611. The van der Waals surface area contributed by atoms with E-state index >= 15 is 0 Å². The molecule has 0 fully saturated rings. The second kappa shape index (κ2) is 4.45. The van der Waals surface area contributed by atoms with Gasteiger partial charge in [-0.15, -0.1) is 0 Å². The molecular formula is C11H7FN4O. The summed E-state index contributed by atoms with van der Waals surface area (Å²) in [6, 6.07) is 7.15. The second-order valence-corrected chi connectivity index (χ2v) is 3.18. The first kappa shape index (κ1) is 10.8. The maximum absolute atomic E-state index is 13.0. The van der Waals surface area contributed by atoms with Gasteiger partial charge >= 0.3 is 0 Å². The number of rotatable bonds is 2. The van der Waals surface area contributed by atoms with E-state index in [1.54, 1.807) is 6.07 Å². The number of hydrogen-bond donors (Lipinski definition) is 2. The fourth-order valence-corrected chi connectivity index (χ4v) is 1.24. The number of hydrogen-bond acceptors (Lipinski definition) is 4. The highest BCUT2D eigenvalue weighted by atomic mass is 19.1. The predicted octanol–water partition coefficient (Wildman–Crippen LogP) is 2.12. The van der Waals surface area contributed by atoms with Gasteiger partial charge < -0.3 is 9.84 Å². The van der Waals surface area contributed by atoms with Crippen molar-refractivity contribution in [2.75, 3.05) is 5.32 Å². The van der Waals surface area contributed by atoms with Gasteiger partial charge in [-0.25, -0.2) is 4.39 Å². The SMILES string of the molecule is N#Cc1cc(NC(=N)c2ccno2)ccc1F. The largest absolute Gasteiger partial charge is 0.353 e. The molecular weight excluding hydrogens is 223 g/mol. The summed E-state index contributed by atoms with van der Waals surface area (Å²) < 4.78 is 17.8. The average molecular weight is 230 g/mol.